The van der Waals surface area contributed by atoms with Crippen LogP contribution < -0.4 is 4.74 Å². The molecule has 0 fully saturated rings. The molecule has 2 heterocycles. The highest BCUT2D eigenvalue weighted by molar-refractivity contribution is 6.19. The van der Waals surface area contributed by atoms with Gasteiger partial charge in [0.05, 0.1) is 12.3 Å². The topological polar surface area (TPSA) is 39.2 Å². The molecular formula is C18H17NO2. The Balaban J connectivity index is 1.81. The monoisotopic (exact) mass is 279 g/mol. The summed E-state index contributed by atoms with van der Waals surface area (Å²) in [5.74, 6) is 0.882. The number of rotatable bonds is 4. The molecule has 21 heavy (non-hydrogen) atoms. The standard InChI is InChI=1S/C18H17NO2/c1-13(15-8-5-6-10-19-15)16(20)11-18(2)12-21-17-9-4-3-7-14(17)18/h3-10H,1,11-12H2,2H3. The summed E-state index contributed by atoms with van der Waals surface area (Å²) in [6, 6.07) is 13.4. The molecule has 106 valence electrons. The first-order valence-corrected chi connectivity index (χ1v) is 6.96. The highest BCUT2D eigenvalue weighted by Gasteiger charge is 2.38. The predicted octanol–water partition coefficient (Wildman–Crippen LogP) is 3.40. The molecular weight excluding hydrogens is 262 g/mol. The maximum absolute atomic E-state index is 12.5. The Morgan fingerprint density at radius 2 is 2.05 bits per heavy atom. The van der Waals surface area contributed by atoms with Crippen LogP contribution in [0.15, 0.2) is 55.2 Å². The largest absolute Gasteiger partial charge is 0.492 e. The number of hydrogen-bond acceptors (Lipinski definition) is 3. The van der Waals surface area contributed by atoms with Crippen molar-refractivity contribution in [2.75, 3.05) is 6.61 Å². The number of nitrogens with zero attached hydrogens (tertiary/aromatic N) is 1. The molecule has 3 nitrogen and oxygen atoms in total. The number of carbonyl (C=O) groups is 1. The van der Waals surface area contributed by atoms with Crippen molar-refractivity contribution >= 4 is 11.4 Å². The van der Waals surface area contributed by atoms with E-state index in [1.54, 1.807) is 6.20 Å². The first-order valence-electron chi connectivity index (χ1n) is 6.96. The Bertz CT molecular complexity index is 693. The molecule has 1 aliphatic heterocycles. The molecule has 0 amide bonds. The molecule has 0 bridgehead atoms. The van der Waals surface area contributed by atoms with Gasteiger partial charge in [0.2, 0.25) is 0 Å². The van der Waals surface area contributed by atoms with Gasteiger partial charge >= 0.3 is 0 Å². The predicted molar refractivity (Wildman–Crippen MR) is 82.2 cm³/mol. The molecule has 2 aromatic rings. The van der Waals surface area contributed by atoms with Crippen molar-refractivity contribution in [2.45, 2.75) is 18.8 Å². The van der Waals surface area contributed by atoms with E-state index in [0.29, 0.717) is 24.3 Å². The average molecular weight is 279 g/mol. The molecule has 0 saturated heterocycles. The second-order valence-electron chi connectivity index (χ2n) is 5.64. The van der Waals surface area contributed by atoms with Gasteiger partial charge in [-0.2, -0.15) is 0 Å². The summed E-state index contributed by atoms with van der Waals surface area (Å²) in [5.41, 5.74) is 1.89. The summed E-state index contributed by atoms with van der Waals surface area (Å²) in [5, 5.41) is 0. The van der Waals surface area contributed by atoms with Crippen LogP contribution in [0.5, 0.6) is 5.75 Å². The van der Waals surface area contributed by atoms with Crippen LogP contribution in [0, 0.1) is 0 Å². The van der Waals surface area contributed by atoms with Gasteiger partial charge in [-0.3, -0.25) is 9.78 Å². The van der Waals surface area contributed by atoms with Gasteiger partial charge in [0, 0.05) is 29.2 Å². The maximum Gasteiger partial charge on any atom is 0.165 e. The van der Waals surface area contributed by atoms with Crippen molar-refractivity contribution in [1.29, 1.82) is 0 Å². The number of benzene rings is 1. The number of Topliss-reactive ketones (excluding diaryl/α,β-unsaturated/α-hetero) is 1. The smallest absolute Gasteiger partial charge is 0.165 e. The van der Waals surface area contributed by atoms with E-state index in [9.17, 15) is 4.79 Å². The molecule has 0 spiro atoms. The van der Waals surface area contributed by atoms with E-state index in [-0.39, 0.29) is 11.2 Å². The summed E-state index contributed by atoms with van der Waals surface area (Å²) in [6.45, 7) is 6.48. The van der Waals surface area contributed by atoms with Gasteiger partial charge in [-0.15, -0.1) is 0 Å². The minimum absolute atomic E-state index is 0.0107. The fraction of sp³-hybridized carbons (Fsp3) is 0.222. The molecule has 1 aromatic carbocycles. The number of fused-ring (bicyclic) bond motifs is 1. The second-order valence-corrected chi connectivity index (χ2v) is 5.64. The average Bonchev–Trinajstić information content (AvgIpc) is 2.85. The SMILES string of the molecule is C=C(C(=O)CC1(C)COc2ccccc21)c1ccccn1. The molecule has 0 saturated carbocycles. The van der Waals surface area contributed by atoms with Crippen LogP contribution in [0.25, 0.3) is 5.57 Å². The molecule has 3 heteroatoms. The van der Waals surface area contributed by atoms with Gasteiger partial charge in [0.1, 0.15) is 5.75 Å². The van der Waals surface area contributed by atoms with Crippen LogP contribution in [-0.4, -0.2) is 17.4 Å². The molecule has 0 N–H and O–H groups in total. The van der Waals surface area contributed by atoms with E-state index < -0.39 is 0 Å². The number of carbonyl (C=O) groups excluding carboxylic acids is 1. The van der Waals surface area contributed by atoms with E-state index >= 15 is 0 Å². The Labute approximate surface area is 124 Å². The molecule has 0 radical (unpaired) electrons. The lowest BCUT2D eigenvalue weighted by Crippen LogP contribution is -2.27. The summed E-state index contributed by atoms with van der Waals surface area (Å²) >= 11 is 0. The van der Waals surface area contributed by atoms with Crippen molar-refractivity contribution < 1.29 is 9.53 Å². The van der Waals surface area contributed by atoms with Crippen LogP contribution in [0.3, 0.4) is 0 Å². The van der Waals surface area contributed by atoms with Crippen LogP contribution in [0.4, 0.5) is 0 Å². The zero-order chi connectivity index (χ0) is 14.9. The van der Waals surface area contributed by atoms with Crippen LogP contribution in [0.2, 0.25) is 0 Å². The zero-order valence-corrected chi connectivity index (χ0v) is 12.0. The molecule has 3 rings (SSSR count). The lowest BCUT2D eigenvalue weighted by molar-refractivity contribution is -0.114. The zero-order valence-electron chi connectivity index (χ0n) is 12.0. The van der Waals surface area contributed by atoms with Gasteiger partial charge in [0.25, 0.3) is 0 Å². The number of para-hydroxylation sites is 1. The third-order valence-corrected chi connectivity index (χ3v) is 3.94. The Morgan fingerprint density at radius 1 is 1.29 bits per heavy atom. The lowest BCUT2D eigenvalue weighted by Gasteiger charge is -2.22. The number of aromatic nitrogens is 1. The van der Waals surface area contributed by atoms with E-state index in [4.69, 9.17) is 4.74 Å². The summed E-state index contributed by atoms with van der Waals surface area (Å²) in [6.07, 6.45) is 2.04. The number of hydrogen-bond donors (Lipinski definition) is 0. The Hall–Kier alpha value is -2.42. The van der Waals surface area contributed by atoms with Crippen LogP contribution >= 0.6 is 0 Å². The summed E-state index contributed by atoms with van der Waals surface area (Å²) in [4.78, 5) is 16.7. The number of pyridine rings is 1. The first-order chi connectivity index (χ1) is 10.1. The van der Waals surface area contributed by atoms with E-state index in [1.807, 2.05) is 42.5 Å². The summed E-state index contributed by atoms with van der Waals surface area (Å²) in [7, 11) is 0. The molecule has 1 aromatic heterocycles. The summed E-state index contributed by atoms with van der Waals surface area (Å²) < 4.78 is 5.70. The van der Waals surface area contributed by atoms with Crippen molar-refractivity contribution in [3.63, 3.8) is 0 Å². The van der Waals surface area contributed by atoms with Gasteiger partial charge < -0.3 is 4.74 Å². The van der Waals surface area contributed by atoms with Crippen molar-refractivity contribution in [1.82, 2.24) is 4.98 Å². The minimum atomic E-state index is -0.300. The quantitative estimate of drug-likeness (QED) is 0.805. The third-order valence-electron chi connectivity index (χ3n) is 3.94. The number of ketones is 1. The van der Waals surface area contributed by atoms with Crippen LogP contribution in [0.1, 0.15) is 24.6 Å². The Kier molecular flexibility index (Phi) is 3.34. The van der Waals surface area contributed by atoms with Crippen molar-refractivity contribution in [2.24, 2.45) is 0 Å². The molecule has 1 aliphatic rings. The number of ether oxygens (including phenoxy) is 1. The number of allylic oxidation sites excluding steroid dienone is 1. The van der Waals surface area contributed by atoms with Gasteiger partial charge in [0.15, 0.2) is 5.78 Å². The van der Waals surface area contributed by atoms with Crippen molar-refractivity contribution in [3.8, 4) is 5.75 Å². The fourth-order valence-corrected chi connectivity index (χ4v) is 2.70. The molecule has 0 aliphatic carbocycles. The van der Waals surface area contributed by atoms with Gasteiger partial charge in [-0.1, -0.05) is 37.8 Å². The van der Waals surface area contributed by atoms with Crippen molar-refractivity contribution in [3.05, 3.63) is 66.5 Å². The maximum atomic E-state index is 12.5. The van der Waals surface area contributed by atoms with Gasteiger partial charge in [-0.05, 0) is 18.2 Å². The highest BCUT2D eigenvalue weighted by Crippen LogP contribution is 2.41. The van der Waals surface area contributed by atoms with E-state index in [0.717, 1.165) is 11.3 Å². The van der Waals surface area contributed by atoms with Crippen LogP contribution in [-0.2, 0) is 10.2 Å². The molecule has 1 atom stereocenters. The third kappa shape index (κ3) is 2.47. The van der Waals surface area contributed by atoms with Gasteiger partial charge in [-0.25, -0.2) is 0 Å². The highest BCUT2D eigenvalue weighted by atomic mass is 16.5. The minimum Gasteiger partial charge on any atom is -0.492 e. The van der Waals surface area contributed by atoms with E-state index in [2.05, 4.69) is 18.5 Å². The second kappa shape index (κ2) is 5.17. The normalized spacial score (nSPS) is 19.7. The molecule has 1 unspecified atom stereocenters. The lowest BCUT2D eigenvalue weighted by atomic mass is 9.79. The Morgan fingerprint density at radius 3 is 2.81 bits per heavy atom. The van der Waals surface area contributed by atoms with E-state index in [1.165, 1.54) is 0 Å². The fourth-order valence-electron chi connectivity index (χ4n) is 2.70. The first kappa shape index (κ1) is 13.6.